The Labute approximate surface area is 207 Å². The summed E-state index contributed by atoms with van der Waals surface area (Å²) in [4.78, 5) is 14.1. The van der Waals surface area contributed by atoms with Gasteiger partial charge in [-0.25, -0.2) is 9.98 Å². The van der Waals surface area contributed by atoms with Gasteiger partial charge in [0.1, 0.15) is 5.82 Å². The quantitative estimate of drug-likeness (QED) is 0.303. The molecule has 1 saturated carbocycles. The van der Waals surface area contributed by atoms with E-state index in [4.69, 9.17) is 4.99 Å². The molecule has 2 aliphatic rings. The number of hydrogen-bond donors (Lipinski definition) is 2. The van der Waals surface area contributed by atoms with Crippen LogP contribution in [0.5, 0.6) is 0 Å². The lowest BCUT2D eigenvalue weighted by Gasteiger charge is -2.33. The molecule has 1 aliphatic heterocycles. The van der Waals surface area contributed by atoms with Gasteiger partial charge in [0.05, 0.1) is 6.54 Å². The standard InChI is InChI=1S/C22H38N6OS.HI/c1-4-23-22(26-19-7-6-8-20(16-19)30(29)5-2)25-17-18-9-10-24-21(15-18)28-13-11-27(3)12-14-28;/h9-10,15,19-20H,4-8,11-14,16-17H2,1-3H3,(H2,23,25,26);1H. The zero-order chi connectivity index (χ0) is 21.3. The van der Waals surface area contributed by atoms with E-state index in [0.29, 0.717) is 17.8 Å². The van der Waals surface area contributed by atoms with E-state index in [1.54, 1.807) is 0 Å². The summed E-state index contributed by atoms with van der Waals surface area (Å²) in [6.07, 6.45) is 6.19. The molecule has 0 amide bonds. The van der Waals surface area contributed by atoms with Gasteiger partial charge in [-0.15, -0.1) is 24.0 Å². The maximum Gasteiger partial charge on any atom is 0.191 e. The molecular formula is C22H39IN6OS. The van der Waals surface area contributed by atoms with Crippen molar-refractivity contribution in [1.29, 1.82) is 0 Å². The molecule has 1 aromatic heterocycles. The summed E-state index contributed by atoms with van der Waals surface area (Å²) in [5.74, 6) is 2.65. The van der Waals surface area contributed by atoms with Gasteiger partial charge in [-0.3, -0.25) is 4.21 Å². The number of rotatable bonds is 7. The van der Waals surface area contributed by atoms with Gasteiger partial charge in [0.15, 0.2) is 5.96 Å². The third-order valence-electron chi connectivity index (χ3n) is 6.02. The molecule has 3 rings (SSSR count). The summed E-state index contributed by atoms with van der Waals surface area (Å²) in [6.45, 7) is 9.73. The van der Waals surface area contributed by atoms with Crippen LogP contribution in [0.4, 0.5) is 5.82 Å². The smallest absolute Gasteiger partial charge is 0.191 e. The molecule has 9 heteroatoms. The van der Waals surface area contributed by atoms with E-state index in [1.165, 1.54) is 5.56 Å². The molecule has 1 aliphatic carbocycles. The van der Waals surface area contributed by atoms with Crippen molar-refractivity contribution in [2.24, 2.45) is 4.99 Å². The predicted molar refractivity (Wildman–Crippen MR) is 142 cm³/mol. The predicted octanol–water partition coefficient (Wildman–Crippen LogP) is 2.59. The van der Waals surface area contributed by atoms with Crippen LogP contribution in [-0.4, -0.2) is 76.9 Å². The average molecular weight is 563 g/mol. The molecule has 0 radical (unpaired) electrons. The van der Waals surface area contributed by atoms with Gasteiger partial charge in [0.2, 0.25) is 0 Å². The van der Waals surface area contributed by atoms with Crippen molar-refractivity contribution in [2.45, 2.75) is 57.4 Å². The van der Waals surface area contributed by atoms with Gasteiger partial charge in [-0.2, -0.15) is 0 Å². The number of nitrogens with zero attached hydrogens (tertiary/aromatic N) is 4. The highest BCUT2D eigenvalue weighted by atomic mass is 127. The Kier molecular flexibility index (Phi) is 11.5. The van der Waals surface area contributed by atoms with Crippen LogP contribution >= 0.6 is 24.0 Å². The largest absolute Gasteiger partial charge is 0.357 e. The fourth-order valence-corrected chi connectivity index (χ4v) is 5.55. The van der Waals surface area contributed by atoms with Crippen LogP contribution in [0, 0.1) is 0 Å². The number of aromatic nitrogens is 1. The molecule has 1 aromatic rings. The maximum absolute atomic E-state index is 12.2. The number of nitrogens with one attached hydrogen (secondary N) is 2. The number of hydrogen-bond acceptors (Lipinski definition) is 5. The van der Waals surface area contributed by atoms with Gasteiger partial charge in [-0.05, 0) is 50.9 Å². The van der Waals surface area contributed by atoms with Crippen LogP contribution in [0.3, 0.4) is 0 Å². The van der Waals surface area contributed by atoms with E-state index in [2.05, 4.69) is 45.5 Å². The van der Waals surface area contributed by atoms with Crippen molar-refractivity contribution in [3.05, 3.63) is 23.9 Å². The summed E-state index contributed by atoms with van der Waals surface area (Å²) in [5, 5.41) is 7.28. The fraction of sp³-hybridized carbons (Fsp3) is 0.727. The highest BCUT2D eigenvalue weighted by Crippen LogP contribution is 2.23. The maximum atomic E-state index is 12.2. The summed E-state index contributed by atoms with van der Waals surface area (Å²) in [5.41, 5.74) is 1.17. The SMILES string of the molecule is CCNC(=NCc1ccnc(N2CCN(C)CC2)c1)NC1CCCC(S(=O)CC)C1.I. The van der Waals surface area contributed by atoms with Gasteiger partial charge in [0, 0.05) is 66.8 Å². The monoisotopic (exact) mass is 562 g/mol. The normalized spacial score (nSPS) is 23.7. The topological polar surface area (TPSA) is 72.9 Å². The van der Waals surface area contributed by atoms with Crippen molar-refractivity contribution in [3.63, 3.8) is 0 Å². The van der Waals surface area contributed by atoms with E-state index >= 15 is 0 Å². The minimum absolute atomic E-state index is 0. The zero-order valence-electron chi connectivity index (χ0n) is 19.2. The van der Waals surface area contributed by atoms with E-state index in [0.717, 1.165) is 75.9 Å². The number of pyridine rings is 1. The number of piperazine rings is 1. The van der Waals surface area contributed by atoms with Gasteiger partial charge in [0.25, 0.3) is 0 Å². The lowest BCUT2D eigenvalue weighted by molar-refractivity contribution is 0.312. The lowest BCUT2D eigenvalue weighted by Crippen LogP contribution is -2.46. The first-order valence-electron chi connectivity index (χ1n) is 11.4. The Morgan fingerprint density at radius 3 is 2.74 bits per heavy atom. The first-order valence-corrected chi connectivity index (χ1v) is 12.8. The molecule has 31 heavy (non-hydrogen) atoms. The van der Waals surface area contributed by atoms with E-state index < -0.39 is 10.8 Å². The van der Waals surface area contributed by atoms with Crippen molar-refractivity contribution < 1.29 is 4.21 Å². The highest BCUT2D eigenvalue weighted by molar-refractivity contribution is 14.0. The number of halogens is 1. The van der Waals surface area contributed by atoms with E-state index in [9.17, 15) is 4.21 Å². The van der Waals surface area contributed by atoms with Crippen LogP contribution in [0.1, 0.15) is 45.1 Å². The molecule has 2 fully saturated rings. The summed E-state index contributed by atoms with van der Waals surface area (Å²) >= 11 is 0. The van der Waals surface area contributed by atoms with Crippen LogP contribution in [0.15, 0.2) is 23.3 Å². The number of aliphatic imine (C=N–C) groups is 1. The van der Waals surface area contributed by atoms with Crippen LogP contribution in [0.25, 0.3) is 0 Å². The molecule has 3 atom stereocenters. The second-order valence-corrected chi connectivity index (χ2v) is 10.3. The molecule has 1 saturated heterocycles. The molecule has 7 nitrogen and oxygen atoms in total. The van der Waals surface area contributed by atoms with Crippen molar-refractivity contribution in [3.8, 4) is 0 Å². The summed E-state index contributed by atoms with van der Waals surface area (Å²) in [7, 11) is 1.46. The first kappa shape index (κ1) is 26.3. The van der Waals surface area contributed by atoms with Gasteiger partial charge >= 0.3 is 0 Å². The molecule has 176 valence electrons. The highest BCUT2D eigenvalue weighted by Gasteiger charge is 2.26. The number of likely N-dealkylation sites (N-methyl/N-ethyl adjacent to an activating group) is 1. The molecule has 3 unspecified atom stereocenters. The molecule has 0 aromatic carbocycles. The Hall–Kier alpha value is -0.940. The third-order valence-corrected chi connectivity index (χ3v) is 7.77. The van der Waals surface area contributed by atoms with Crippen LogP contribution in [-0.2, 0) is 17.3 Å². The summed E-state index contributed by atoms with van der Waals surface area (Å²) in [6, 6.07) is 4.56. The number of guanidine groups is 1. The van der Waals surface area contributed by atoms with Gasteiger partial charge in [-0.1, -0.05) is 13.3 Å². The molecule has 2 heterocycles. The Balaban J connectivity index is 0.00000341. The molecule has 0 spiro atoms. The first-order chi connectivity index (χ1) is 14.6. The Morgan fingerprint density at radius 1 is 1.26 bits per heavy atom. The van der Waals surface area contributed by atoms with Crippen LogP contribution < -0.4 is 15.5 Å². The second-order valence-electron chi connectivity index (χ2n) is 8.31. The van der Waals surface area contributed by atoms with E-state index in [-0.39, 0.29) is 24.0 Å². The summed E-state index contributed by atoms with van der Waals surface area (Å²) < 4.78 is 12.2. The molecule has 2 N–H and O–H groups in total. The average Bonchev–Trinajstić information content (AvgIpc) is 2.78. The van der Waals surface area contributed by atoms with Crippen molar-refractivity contribution >= 4 is 46.6 Å². The molecular weight excluding hydrogens is 523 g/mol. The lowest BCUT2D eigenvalue weighted by atomic mass is 9.95. The van der Waals surface area contributed by atoms with Crippen LogP contribution in [0.2, 0.25) is 0 Å². The van der Waals surface area contributed by atoms with Crippen molar-refractivity contribution in [2.75, 3.05) is 50.4 Å². The van der Waals surface area contributed by atoms with Gasteiger partial charge < -0.3 is 20.4 Å². The zero-order valence-corrected chi connectivity index (χ0v) is 22.3. The second kappa shape index (κ2) is 13.6. The third kappa shape index (κ3) is 8.16. The Morgan fingerprint density at radius 2 is 2.03 bits per heavy atom. The fourth-order valence-electron chi connectivity index (χ4n) is 4.20. The van der Waals surface area contributed by atoms with Crippen molar-refractivity contribution in [1.82, 2.24) is 20.5 Å². The molecule has 0 bridgehead atoms. The minimum atomic E-state index is -0.709. The number of anilines is 1. The van der Waals surface area contributed by atoms with E-state index in [1.807, 2.05) is 19.2 Å². The Bertz CT molecular complexity index is 726. The minimum Gasteiger partial charge on any atom is -0.357 e.